The van der Waals surface area contributed by atoms with E-state index in [4.69, 9.17) is 5.10 Å². The van der Waals surface area contributed by atoms with Crippen LogP contribution in [0.1, 0.15) is 29.2 Å². The van der Waals surface area contributed by atoms with Crippen LogP contribution < -0.4 is 11.1 Å². The van der Waals surface area contributed by atoms with Gasteiger partial charge in [-0.15, -0.1) is 11.3 Å². The van der Waals surface area contributed by atoms with E-state index in [2.05, 4.69) is 9.88 Å². The largest absolute Gasteiger partial charge is 0.332 e. The molecule has 7 nitrogen and oxygen atoms in total. The molecule has 1 spiro atoms. The minimum absolute atomic E-state index is 0.154. The van der Waals surface area contributed by atoms with Crippen LogP contribution in [-0.4, -0.2) is 37.3 Å². The van der Waals surface area contributed by atoms with Crippen molar-refractivity contribution in [1.29, 1.82) is 0 Å². The number of hydrogen-bond acceptors (Lipinski definition) is 6. The molecule has 0 amide bonds. The summed E-state index contributed by atoms with van der Waals surface area (Å²) >= 11 is 1.57. The molecule has 1 atom stereocenters. The monoisotopic (exact) mass is 395 g/mol. The number of pyridine rings is 1. The maximum Gasteiger partial charge on any atom is 0.332 e. The predicted molar refractivity (Wildman–Crippen MR) is 107 cm³/mol. The van der Waals surface area contributed by atoms with E-state index in [0.717, 1.165) is 48.9 Å². The number of thiophene rings is 1. The van der Waals surface area contributed by atoms with Gasteiger partial charge in [-0.05, 0) is 43.0 Å². The molecule has 0 radical (unpaired) electrons. The first-order chi connectivity index (χ1) is 13.6. The van der Waals surface area contributed by atoms with Crippen LogP contribution in [-0.2, 0) is 25.0 Å². The lowest BCUT2D eigenvalue weighted by molar-refractivity contribution is 0.295. The summed E-state index contributed by atoms with van der Waals surface area (Å²) in [6.07, 6.45) is 3.62. The second-order valence-electron chi connectivity index (χ2n) is 7.63. The highest BCUT2D eigenvalue weighted by atomic mass is 32.1. The summed E-state index contributed by atoms with van der Waals surface area (Å²) in [6, 6.07) is 9.87. The van der Waals surface area contributed by atoms with E-state index in [1.807, 2.05) is 41.9 Å². The Morgan fingerprint density at radius 3 is 2.71 bits per heavy atom. The molecule has 0 saturated carbocycles. The van der Waals surface area contributed by atoms with Gasteiger partial charge in [-0.25, -0.2) is 4.68 Å². The zero-order chi connectivity index (χ0) is 19.1. The van der Waals surface area contributed by atoms with Gasteiger partial charge in [-0.1, -0.05) is 12.1 Å². The van der Waals surface area contributed by atoms with Crippen molar-refractivity contribution in [2.45, 2.75) is 37.9 Å². The summed E-state index contributed by atoms with van der Waals surface area (Å²) in [4.78, 5) is 33.0. The van der Waals surface area contributed by atoms with Crippen LogP contribution in [0.2, 0.25) is 0 Å². The molecule has 0 bridgehead atoms. The molecule has 2 aliphatic rings. The Morgan fingerprint density at radius 2 is 1.93 bits per heavy atom. The molecule has 144 valence electrons. The highest BCUT2D eigenvalue weighted by molar-refractivity contribution is 7.09. The zero-order valence-electron chi connectivity index (χ0n) is 15.5. The van der Waals surface area contributed by atoms with E-state index < -0.39 is 11.1 Å². The maximum atomic E-state index is 12.7. The second kappa shape index (κ2) is 6.79. The van der Waals surface area contributed by atoms with Crippen LogP contribution in [0.15, 0.2) is 51.5 Å². The highest BCUT2D eigenvalue weighted by Crippen LogP contribution is 2.40. The summed E-state index contributed by atoms with van der Waals surface area (Å²) in [7, 11) is 0. The topological polar surface area (TPSA) is 73.0 Å². The summed E-state index contributed by atoms with van der Waals surface area (Å²) in [5.41, 5.74) is -0.0801. The molecule has 0 unspecified atom stereocenters. The molecule has 0 aromatic carbocycles. The minimum atomic E-state index is -0.530. The first-order valence-electron chi connectivity index (χ1n) is 9.52. The second-order valence-corrected chi connectivity index (χ2v) is 8.67. The lowest BCUT2D eigenvalue weighted by Crippen LogP contribution is -2.45. The Bertz CT molecular complexity index is 1110. The van der Waals surface area contributed by atoms with E-state index >= 15 is 0 Å². The molecule has 3 aromatic heterocycles. The molecular formula is C20H21N5O2S. The summed E-state index contributed by atoms with van der Waals surface area (Å²) in [5.74, 6) is 0.775. The van der Waals surface area contributed by atoms with Gasteiger partial charge in [0.2, 0.25) is 0 Å². The van der Waals surface area contributed by atoms with Gasteiger partial charge in [0.15, 0.2) is 0 Å². The SMILES string of the molecule is O=c1c(=O)n2c(nn1Cc1cccs1)[C@]1(CCN(Cc3ccccn3)C1)CC2. The molecule has 28 heavy (non-hydrogen) atoms. The van der Waals surface area contributed by atoms with Crippen molar-refractivity contribution in [3.63, 3.8) is 0 Å². The van der Waals surface area contributed by atoms with Crippen LogP contribution in [0.5, 0.6) is 0 Å². The molecule has 1 saturated heterocycles. The fourth-order valence-corrected chi connectivity index (χ4v) is 5.12. The van der Waals surface area contributed by atoms with Crippen molar-refractivity contribution in [1.82, 2.24) is 24.2 Å². The third-order valence-electron chi connectivity index (χ3n) is 5.85. The lowest BCUT2D eigenvalue weighted by Gasteiger charge is -2.23. The molecule has 0 N–H and O–H groups in total. The molecule has 2 aliphatic heterocycles. The van der Waals surface area contributed by atoms with Gasteiger partial charge >= 0.3 is 11.1 Å². The third-order valence-corrected chi connectivity index (χ3v) is 6.71. The predicted octanol–water partition coefficient (Wildman–Crippen LogP) is 1.46. The summed E-state index contributed by atoms with van der Waals surface area (Å²) in [5, 5.41) is 6.66. The molecule has 1 fully saturated rings. The van der Waals surface area contributed by atoms with Crippen molar-refractivity contribution in [2.75, 3.05) is 13.1 Å². The Balaban J connectivity index is 1.46. The van der Waals surface area contributed by atoms with Gasteiger partial charge in [0, 0.05) is 36.1 Å². The summed E-state index contributed by atoms with van der Waals surface area (Å²) in [6.45, 7) is 3.51. The molecule has 0 aliphatic carbocycles. The average Bonchev–Trinajstić information content (AvgIpc) is 3.43. The molecule has 8 heteroatoms. The smallest absolute Gasteiger partial charge is 0.296 e. The molecule has 5 heterocycles. The number of likely N-dealkylation sites (tertiary alicyclic amines) is 1. The van der Waals surface area contributed by atoms with Gasteiger partial charge in [-0.3, -0.25) is 24.0 Å². The van der Waals surface area contributed by atoms with Gasteiger partial charge in [-0.2, -0.15) is 5.10 Å². The first-order valence-corrected chi connectivity index (χ1v) is 10.4. The van der Waals surface area contributed by atoms with Crippen LogP contribution in [0.3, 0.4) is 0 Å². The quantitative estimate of drug-likeness (QED) is 0.626. The Hall–Kier alpha value is -2.58. The normalized spacial score (nSPS) is 21.4. The molecule has 3 aromatic rings. The van der Waals surface area contributed by atoms with Crippen LogP contribution in [0.4, 0.5) is 0 Å². The van der Waals surface area contributed by atoms with Crippen molar-refractivity contribution in [3.05, 3.63) is 79.0 Å². The van der Waals surface area contributed by atoms with E-state index in [0.29, 0.717) is 13.1 Å². The average molecular weight is 395 g/mol. The Labute approximate surface area is 165 Å². The van der Waals surface area contributed by atoms with Crippen LogP contribution >= 0.6 is 11.3 Å². The maximum absolute atomic E-state index is 12.7. The van der Waals surface area contributed by atoms with Crippen LogP contribution in [0.25, 0.3) is 0 Å². The van der Waals surface area contributed by atoms with Gasteiger partial charge in [0.05, 0.1) is 12.2 Å². The molecule has 5 rings (SSSR count). The third kappa shape index (κ3) is 2.93. The van der Waals surface area contributed by atoms with E-state index in [-0.39, 0.29) is 5.41 Å². The van der Waals surface area contributed by atoms with Crippen molar-refractivity contribution >= 4 is 11.3 Å². The Kier molecular flexibility index (Phi) is 4.25. The van der Waals surface area contributed by atoms with E-state index in [9.17, 15) is 9.59 Å². The lowest BCUT2D eigenvalue weighted by atomic mass is 9.85. The van der Waals surface area contributed by atoms with Crippen molar-refractivity contribution in [2.24, 2.45) is 0 Å². The molecular weight excluding hydrogens is 374 g/mol. The number of aromatic nitrogens is 4. The van der Waals surface area contributed by atoms with Gasteiger partial charge in [0.25, 0.3) is 0 Å². The fourth-order valence-electron chi connectivity index (χ4n) is 4.43. The minimum Gasteiger partial charge on any atom is -0.296 e. The van der Waals surface area contributed by atoms with E-state index in [1.54, 1.807) is 15.9 Å². The first kappa shape index (κ1) is 17.5. The van der Waals surface area contributed by atoms with Crippen molar-refractivity contribution < 1.29 is 0 Å². The van der Waals surface area contributed by atoms with Gasteiger partial charge in [0.1, 0.15) is 5.82 Å². The summed E-state index contributed by atoms with van der Waals surface area (Å²) < 4.78 is 2.96. The highest BCUT2D eigenvalue weighted by Gasteiger charge is 2.47. The standard InChI is InChI=1S/C20H21N5O2S/c26-17-18(27)25(13-16-5-3-11-28-16)22-19-20(7-10-24(17)19)6-9-23(14-20)12-15-4-1-2-8-21-15/h1-5,8,11H,6-7,9-10,12-14H2/t20-/m1/s1. The van der Waals surface area contributed by atoms with Crippen molar-refractivity contribution in [3.8, 4) is 0 Å². The number of nitrogens with zero attached hydrogens (tertiary/aromatic N) is 5. The fraction of sp³-hybridized carbons (Fsp3) is 0.400. The number of fused-ring (bicyclic) bond motifs is 2. The number of hydrogen-bond donors (Lipinski definition) is 0. The Morgan fingerprint density at radius 1 is 1.04 bits per heavy atom. The van der Waals surface area contributed by atoms with E-state index in [1.165, 1.54) is 4.68 Å². The van der Waals surface area contributed by atoms with Crippen LogP contribution in [0, 0.1) is 0 Å². The van der Waals surface area contributed by atoms with Gasteiger partial charge < -0.3 is 0 Å². The number of rotatable bonds is 4. The zero-order valence-corrected chi connectivity index (χ0v) is 16.3.